The minimum atomic E-state index is 0.612. The second-order valence-corrected chi connectivity index (χ2v) is 2.65. The number of alkyl halides is 1. The molecule has 2 nitrogen and oxygen atoms in total. The fraction of sp³-hybridized carbons (Fsp3) is 0.100. The third kappa shape index (κ3) is 4.33. The quantitative estimate of drug-likeness (QED) is 0.695. The second-order valence-electron chi connectivity index (χ2n) is 2.38. The predicted molar refractivity (Wildman–Crippen MR) is 54.6 cm³/mol. The topological polar surface area (TPSA) is 28.7 Å². The fourth-order valence-corrected chi connectivity index (χ4v) is 0.960. The summed E-state index contributed by atoms with van der Waals surface area (Å²) in [7, 11) is 0. The van der Waals surface area contributed by atoms with Crippen molar-refractivity contribution in [3.63, 3.8) is 0 Å². The zero-order chi connectivity index (χ0) is 9.36. The Morgan fingerprint density at radius 1 is 1.23 bits per heavy atom. The third-order valence-electron chi connectivity index (χ3n) is 1.40. The van der Waals surface area contributed by atoms with Crippen LogP contribution < -0.4 is 0 Å². The Balaban J connectivity index is 0.000000145. The van der Waals surface area contributed by atoms with E-state index in [0.29, 0.717) is 5.88 Å². The molecule has 1 N–H and O–H groups in total. The molecular weight excluding hydrogens is 184 g/mol. The van der Waals surface area contributed by atoms with Gasteiger partial charge in [0, 0.05) is 18.3 Å². The van der Waals surface area contributed by atoms with Gasteiger partial charge in [0.25, 0.3) is 0 Å². The summed E-state index contributed by atoms with van der Waals surface area (Å²) >= 11 is 5.53. The van der Waals surface area contributed by atoms with Crippen LogP contribution in [0.4, 0.5) is 0 Å². The number of halogens is 1. The molecule has 0 atom stereocenters. The summed E-state index contributed by atoms with van der Waals surface area (Å²) in [5, 5.41) is 0. The summed E-state index contributed by atoms with van der Waals surface area (Å²) in [6.45, 7) is 0. The van der Waals surface area contributed by atoms with Gasteiger partial charge in [-0.15, -0.1) is 11.6 Å². The first-order valence-electron chi connectivity index (χ1n) is 3.96. The van der Waals surface area contributed by atoms with Crippen molar-refractivity contribution in [2.24, 2.45) is 0 Å². The SMILES string of the molecule is ClCc1ccccc1.c1c[nH]cn1. The van der Waals surface area contributed by atoms with E-state index in [-0.39, 0.29) is 0 Å². The fourth-order valence-electron chi connectivity index (χ4n) is 0.782. The molecular formula is C10H11ClN2. The Kier molecular flexibility index (Phi) is 4.72. The van der Waals surface area contributed by atoms with Crippen molar-refractivity contribution in [3.05, 3.63) is 54.6 Å². The van der Waals surface area contributed by atoms with Gasteiger partial charge in [0.1, 0.15) is 0 Å². The van der Waals surface area contributed by atoms with Crippen LogP contribution in [0.15, 0.2) is 49.1 Å². The first-order chi connectivity index (χ1) is 6.43. The lowest BCUT2D eigenvalue weighted by atomic mass is 10.2. The molecule has 0 fully saturated rings. The van der Waals surface area contributed by atoms with Crippen LogP contribution in [0.2, 0.25) is 0 Å². The van der Waals surface area contributed by atoms with Crippen LogP contribution in [0.25, 0.3) is 0 Å². The molecule has 0 bridgehead atoms. The zero-order valence-corrected chi connectivity index (χ0v) is 7.91. The van der Waals surface area contributed by atoms with Gasteiger partial charge in [0.2, 0.25) is 0 Å². The van der Waals surface area contributed by atoms with Crippen molar-refractivity contribution in [1.82, 2.24) is 9.97 Å². The normalized spacial score (nSPS) is 8.69. The van der Waals surface area contributed by atoms with Crippen LogP contribution in [0.5, 0.6) is 0 Å². The molecule has 0 aliphatic heterocycles. The van der Waals surface area contributed by atoms with Crippen molar-refractivity contribution in [1.29, 1.82) is 0 Å². The Labute approximate surface area is 82.6 Å². The highest BCUT2D eigenvalue weighted by molar-refractivity contribution is 6.17. The van der Waals surface area contributed by atoms with Crippen molar-refractivity contribution < 1.29 is 0 Å². The molecule has 1 aromatic carbocycles. The highest BCUT2D eigenvalue weighted by atomic mass is 35.5. The van der Waals surface area contributed by atoms with Crippen LogP contribution in [0, 0.1) is 0 Å². The van der Waals surface area contributed by atoms with Crippen molar-refractivity contribution in [3.8, 4) is 0 Å². The van der Waals surface area contributed by atoms with E-state index >= 15 is 0 Å². The Morgan fingerprint density at radius 2 is 2.00 bits per heavy atom. The number of hydrogen-bond acceptors (Lipinski definition) is 1. The summed E-state index contributed by atoms with van der Waals surface area (Å²) in [6.07, 6.45) is 5.08. The Bertz CT molecular complexity index is 275. The smallest absolute Gasteiger partial charge is 0.0919 e. The third-order valence-corrected chi connectivity index (χ3v) is 1.71. The summed E-state index contributed by atoms with van der Waals surface area (Å²) in [6, 6.07) is 9.96. The first kappa shape index (κ1) is 9.81. The predicted octanol–water partition coefficient (Wildman–Crippen LogP) is 2.84. The van der Waals surface area contributed by atoms with E-state index < -0.39 is 0 Å². The highest BCUT2D eigenvalue weighted by Gasteiger charge is 1.81. The number of nitrogens with one attached hydrogen (secondary N) is 1. The maximum Gasteiger partial charge on any atom is 0.0919 e. The van der Waals surface area contributed by atoms with Gasteiger partial charge in [-0.3, -0.25) is 0 Å². The first-order valence-corrected chi connectivity index (χ1v) is 4.49. The van der Waals surface area contributed by atoms with Crippen molar-refractivity contribution >= 4 is 11.6 Å². The van der Waals surface area contributed by atoms with Gasteiger partial charge in [-0.25, -0.2) is 4.98 Å². The second kappa shape index (κ2) is 6.26. The number of rotatable bonds is 1. The molecule has 1 heterocycles. The number of imidazole rings is 1. The van der Waals surface area contributed by atoms with Gasteiger partial charge < -0.3 is 4.98 Å². The molecule has 2 rings (SSSR count). The van der Waals surface area contributed by atoms with Crippen LogP contribution in [0.3, 0.4) is 0 Å². The maximum atomic E-state index is 5.53. The Hall–Kier alpha value is -1.28. The number of hydrogen-bond donors (Lipinski definition) is 1. The van der Waals surface area contributed by atoms with Gasteiger partial charge >= 0.3 is 0 Å². The lowest BCUT2D eigenvalue weighted by Gasteiger charge is -1.88. The van der Waals surface area contributed by atoms with Gasteiger partial charge in [-0.2, -0.15) is 0 Å². The van der Waals surface area contributed by atoms with E-state index in [0.717, 1.165) is 0 Å². The van der Waals surface area contributed by atoms with Gasteiger partial charge in [0.05, 0.1) is 6.33 Å². The molecule has 0 aliphatic carbocycles. The van der Waals surface area contributed by atoms with Gasteiger partial charge in [-0.05, 0) is 5.56 Å². The molecule has 13 heavy (non-hydrogen) atoms. The number of H-pyrrole nitrogens is 1. The Morgan fingerprint density at radius 3 is 2.31 bits per heavy atom. The number of aromatic nitrogens is 2. The molecule has 68 valence electrons. The number of nitrogens with zero attached hydrogens (tertiary/aromatic N) is 1. The molecule has 0 aliphatic rings. The summed E-state index contributed by atoms with van der Waals surface area (Å²) < 4.78 is 0. The minimum Gasteiger partial charge on any atom is -0.351 e. The summed E-state index contributed by atoms with van der Waals surface area (Å²) in [5.41, 5.74) is 1.18. The molecule has 2 aromatic rings. The molecule has 0 amide bonds. The van der Waals surface area contributed by atoms with E-state index in [1.165, 1.54) is 5.56 Å². The molecule has 0 radical (unpaired) electrons. The zero-order valence-electron chi connectivity index (χ0n) is 7.15. The van der Waals surface area contributed by atoms with Crippen LogP contribution in [0.1, 0.15) is 5.56 Å². The molecule has 0 saturated heterocycles. The summed E-state index contributed by atoms with van der Waals surface area (Å²) in [4.78, 5) is 6.42. The highest BCUT2D eigenvalue weighted by Crippen LogP contribution is 2.00. The van der Waals surface area contributed by atoms with E-state index in [2.05, 4.69) is 9.97 Å². The lowest BCUT2D eigenvalue weighted by molar-refractivity contribution is 1.31. The number of benzene rings is 1. The van der Waals surface area contributed by atoms with Crippen molar-refractivity contribution in [2.45, 2.75) is 5.88 Å². The molecule has 1 aromatic heterocycles. The lowest BCUT2D eigenvalue weighted by Crippen LogP contribution is -1.71. The monoisotopic (exact) mass is 194 g/mol. The van der Waals surface area contributed by atoms with Crippen molar-refractivity contribution in [2.75, 3.05) is 0 Å². The van der Waals surface area contributed by atoms with Crippen LogP contribution in [-0.2, 0) is 5.88 Å². The standard InChI is InChI=1S/C7H7Cl.C3H4N2/c8-6-7-4-2-1-3-5-7;1-2-5-3-4-1/h1-5H,6H2;1-3H,(H,4,5). The molecule has 0 spiro atoms. The molecule has 3 heteroatoms. The molecule has 0 saturated carbocycles. The minimum absolute atomic E-state index is 0.612. The van der Waals surface area contributed by atoms with E-state index in [4.69, 9.17) is 11.6 Å². The van der Waals surface area contributed by atoms with E-state index in [1.807, 2.05) is 30.3 Å². The van der Waals surface area contributed by atoms with Crippen LogP contribution in [-0.4, -0.2) is 9.97 Å². The van der Waals surface area contributed by atoms with E-state index in [9.17, 15) is 0 Å². The summed E-state index contributed by atoms with van der Waals surface area (Å²) in [5.74, 6) is 0.612. The average Bonchev–Trinajstić information content (AvgIpc) is 2.77. The van der Waals surface area contributed by atoms with Crippen LogP contribution >= 0.6 is 11.6 Å². The maximum absolute atomic E-state index is 5.53. The van der Waals surface area contributed by atoms with E-state index in [1.54, 1.807) is 18.7 Å². The van der Waals surface area contributed by atoms with Gasteiger partial charge in [0.15, 0.2) is 0 Å². The average molecular weight is 195 g/mol. The number of aromatic amines is 1. The van der Waals surface area contributed by atoms with Gasteiger partial charge in [-0.1, -0.05) is 30.3 Å². The molecule has 0 unspecified atom stereocenters. The largest absolute Gasteiger partial charge is 0.351 e.